The molecule has 0 spiro atoms. The standard InChI is InChI=1S/C12H22N4O3/c1-10(2)7-14-12(19)16-5-3-15(4-6-16)11(18)8-13-9-17/h9-10H,3-8H2,1-2H3,(H,13,17)(H,14,19). The summed E-state index contributed by atoms with van der Waals surface area (Å²) >= 11 is 0. The van der Waals surface area contributed by atoms with Crippen LogP contribution in [0.1, 0.15) is 13.8 Å². The predicted molar refractivity (Wildman–Crippen MR) is 70.5 cm³/mol. The summed E-state index contributed by atoms with van der Waals surface area (Å²) in [7, 11) is 0. The van der Waals surface area contributed by atoms with Gasteiger partial charge in [-0.1, -0.05) is 13.8 Å². The average molecular weight is 270 g/mol. The highest BCUT2D eigenvalue weighted by Crippen LogP contribution is 2.02. The third-order valence-corrected chi connectivity index (χ3v) is 2.92. The van der Waals surface area contributed by atoms with Gasteiger partial charge in [-0.3, -0.25) is 9.59 Å². The zero-order valence-electron chi connectivity index (χ0n) is 11.5. The Bertz CT molecular complexity index is 325. The van der Waals surface area contributed by atoms with E-state index < -0.39 is 0 Å². The van der Waals surface area contributed by atoms with Gasteiger partial charge < -0.3 is 20.4 Å². The molecule has 0 aromatic heterocycles. The van der Waals surface area contributed by atoms with Crippen molar-refractivity contribution < 1.29 is 14.4 Å². The number of rotatable bonds is 5. The fourth-order valence-corrected chi connectivity index (χ4v) is 1.80. The van der Waals surface area contributed by atoms with Crippen molar-refractivity contribution in [2.75, 3.05) is 39.3 Å². The highest BCUT2D eigenvalue weighted by molar-refractivity contribution is 5.80. The Morgan fingerprint density at radius 1 is 1.16 bits per heavy atom. The third kappa shape index (κ3) is 5.15. The Kier molecular flexibility index (Phi) is 6.11. The van der Waals surface area contributed by atoms with E-state index in [0.717, 1.165) is 0 Å². The normalized spacial score (nSPS) is 15.3. The Morgan fingerprint density at radius 3 is 2.26 bits per heavy atom. The van der Waals surface area contributed by atoms with Crippen LogP contribution in [0.15, 0.2) is 0 Å². The van der Waals surface area contributed by atoms with Gasteiger partial charge in [0.1, 0.15) is 0 Å². The Hall–Kier alpha value is -1.79. The molecule has 0 atom stereocenters. The summed E-state index contributed by atoms with van der Waals surface area (Å²) in [6.07, 6.45) is 0.507. The molecule has 108 valence electrons. The number of nitrogens with zero attached hydrogens (tertiary/aromatic N) is 2. The molecule has 1 aliphatic heterocycles. The minimum atomic E-state index is -0.116. The minimum absolute atomic E-state index is 0.0169. The minimum Gasteiger partial charge on any atom is -0.350 e. The van der Waals surface area contributed by atoms with Crippen molar-refractivity contribution in [2.45, 2.75) is 13.8 Å². The molecule has 0 bridgehead atoms. The summed E-state index contributed by atoms with van der Waals surface area (Å²) in [6.45, 7) is 6.81. The number of hydrogen-bond donors (Lipinski definition) is 2. The maximum Gasteiger partial charge on any atom is 0.317 e. The molecule has 2 N–H and O–H groups in total. The lowest BCUT2D eigenvalue weighted by atomic mass is 10.2. The summed E-state index contributed by atoms with van der Waals surface area (Å²) in [5, 5.41) is 5.20. The first kappa shape index (κ1) is 15.3. The largest absolute Gasteiger partial charge is 0.350 e. The first-order chi connectivity index (χ1) is 9.04. The van der Waals surface area contributed by atoms with E-state index >= 15 is 0 Å². The topological polar surface area (TPSA) is 81.8 Å². The van der Waals surface area contributed by atoms with Crippen LogP contribution in [-0.2, 0) is 9.59 Å². The molecule has 0 aromatic carbocycles. The molecule has 0 unspecified atom stereocenters. The lowest BCUT2D eigenvalue weighted by molar-refractivity contribution is -0.132. The van der Waals surface area contributed by atoms with Gasteiger partial charge in [0.2, 0.25) is 12.3 Å². The summed E-state index contributed by atoms with van der Waals surface area (Å²) < 4.78 is 0. The van der Waals surface area contributed by atoms with Crippen LogP contribution < -0.4 is 10.6 Å². The lowest BCUT2D eigenvalue weighted by Gasteiger charge is -2.34. The highest BCUT2D eigenvalue weighted by Gasteiger charge is 2.23. The van der Waals surface area contributed by atoms with Crippen molar-refractivity contribution in [1.82, 2.24) is 20.4 Å². The lowest BCUT2D eigenvalue weighted by Crippen LogP contribution is -2.54. The van der Waals surface area contributed by atoms with E-state index in [1.807, 2.05) is 13.8 Å². The first-order valence-corrected chi connectivity index (χ1v) is 6.52. The number of urea groups is 1. The van der Waals surface area contributed by atoms with E-state index in [1.54, 1.807) is 9.80 Å². The average Bonchev–Trinajstić information content (AvgIpc) is 2.42. The molecule has 0 aromatic rings. The van der Waals surface area contributed by atoms with E-state index in [-0.39, 0.29) is 18.5 Å². The second kappa shape index (κ2) is 7.60. The molecule has 1 aliphatic rings. The van der Waals surface area contributed by atoms with Gasteiger partial charge in [0, 0.05) is 32.7 Å². The summed E-state index contributed by atoms with van der Waals surface area (Å²) in [5.41, 5.74) is 0. The first-order valence-electron chi connectivity index (χ1n) is 6.52. The van der Waals surface area contributed by atoms with Crippen LogP contribution in [0.5, 0.6) is 0 Å². The van der Waals surface area contributed by atoms with Crippen LogP contribution in [0.2, 0.25) is 0 Å². The SMILES string of the molecule is CC(C)CNC(=O)N1CCN(C(=O)CNC=O)CC1. The van der Waals surface area contributed by atoms with Crippen LogP contribution in [0.25, 0.3) is 0 Å². The van der Waals surface area contributed by atoms with Gasteiger partial charge >= 0.3 is 6.03 Å². The second-order valence-electron chi connectivity index (χ2n) is 4.95. The molecule has 0 aliphatic carbocycles. The number of carbonyl (C=O) groups excluding carboxylic acids is 3. The fraction of sp³-hybridized carbons (Fsp3) is 0.750. The molecule has 1 heterocycles. The van der Waals surface area contributed by atoms with Crippen molar-refractivity contribution in [1.29, 1.82) is 0 Å². The highest BCUT2D eigenvalue weighted by atomic mass is 16.2. The Labute approximate surface area is 113 Å². The molecular weight excluding hydrogens is 248 g/mol. The molecule has 1 fully saturated rings. The van der Waals surface area contributed by atoms with E-state index in [4.69, 9.17) is 0 Å². The maximum absolute atomic E-state index is 11.8. The van der Waals surface area contributed by atoms with Crippen molar-refractivity contribution in [3.63, 3.8) is 0 Å². The van der Waals surface area contributed by atoms with Gasteiger partial charge in [0.25, 0.3) is 0 Å². The number of amides is 4. The van der Waals surface area contributed by atoms with Crippen LogP contribution in [-0.4, -0.2) is 67.4 Å². The van der Waals surface area contributed by atoms with E-state index in [1.165, 1.54) is 0 Å². The number of carbonyl (C=O) groups is 3. The number of hydrogen-bond acceptors (Lipinski definition) is 3. The zero-order valence-corrected chi connectivity index (χ0v) is 11.5. The number of piperazine rings is 1. The molecule has 0 saturated carbocycles. The van der Waals surface area contributed by atoms with Gasteiger partial charge in [-0.2, -0.15) is 0 Å². The van der Waals surface area contributed by atoms with E-state index in [2.05, 4.69) is 10.6 Å². The molecule has 1 rings (SSSR count). The molecule has 19 heavy (non-hydrogen) atoms. The Balaban J connectivity index is 2.30. The molecule has 0 radical (unpaired) electrons. The van der Waals surface area contributed by atoms with Crippen molar-refractivity contribution in [3.05, 3.63) is 0 Å². The second-order valence-corrected chi connectivity index (χ2v) is 4.95. The molecule has 7 nitrogen and oxygen atoms in total. The number of nitrogens with one attached hydrogen (secondary N) is 2. The summed E-state index contributed by atoms with van der Waals surface area (Å²) in [5.74, 6) is 0.301. The van der Waals surface area contributed by atoms with Crippen molar-refractivity contribution in [3.8, 4) is 0 Å². The van der Waals surface area contributed by atoms with E-state index in [9.17, 15) is 14.4 Å². The van der Waals surface area contributed by atoms with Crippen LogP contribution in [0.3, 0.4) is 0 Å². The molecule has 4 amide bonds. The van der Waals surface area contributed by atoms with Crippen molar-refractivity contribution in [2.24, 2.45) is 5.92 Å². The molecule has 7 heteroatoms. The quantitative estimate of drug-likeness (QED) is 0.644. The van der Waals surface area contributed by atoms with Gasteiger partial charge in [-0.05, 0) is 5.92 Å². The van der Waals surface area contributed by atoms with Gasteiger partial charge in [-0.15, -0.1) is 0 Å². The van der Waals surface area contributed by atoms with Gasteiger partial charge in [-0.25, -0.2) is 4.79 Å². The fourth-order valence-electron chi connectivity index (χ4n) is 1.80. The molecule has 1 saturated heterocycles. The van der Waals surface area contributed by atoms with Crippen LogP contribution in [0.4, 0.5) is 4.79 Å². The monoisotopic (exact) mass is 270 g/mol. The van der Waals surface area contributed by atoms with Crippen LogP contribution in [0, 0.1) is 5.92 Å². The smallest absolute Gasteiger partial charge is 0.317 e. The van der Waals surface area contributed by atoms with Crippen molar-refractivity contribution >= 4 is 18.3 Å². The summed E-state index contributed by atoms with van der Waals surface area (Å²) in [4.78, 5) is 36.9. The maximum atomic E-state index is 11.8. The Morgan fingerprint density at radius 2 is 1.74 bits per heavy atom. The van der Waals surface area contributed by atoms with Crippen LogP contribution >= 0.6 is 0 Å². The third-order valence-electron chi connectivity index (χ3n) is 2.92. The summed E-state index contributed by atoms with van der Waals surface area (Å²) in [6, 6.07) is -0.0770. The molecular formula is C12H22N4O3. The van der Waals surface area contributed by atoms with E-state index in [0.29, 0.717) is 45.1 Å². The van der Waals surface area contributed by atoms with Gasteiger partial charge in [0.05, 0.1) is 6.54 Å². The predicted octanol–water partition coefficient (Wildman–Crippen LogP) is -0.758. The van der Waals surface area contributed by atoms with Gasteiger partial charge in [0.15, 0.2) is 0 Å². The zero-order chi connectivity index (χ0) is 14.3.